The number of benzene rings is 1. The lowest BCUT2D eigenvalue weighted by molar-refractivity contribution is 0.102. The summed E-state index contributed by atoms with van der Waals surface area (Å²) in [5.41, 5.74) is 1.92. The number of nitrogens with zero attached hydrogens (tertiary/aromatic N) is 3. The van der Waals surface area contributed by atoms with Gasteiger partial charge in [0.2, 0.25) is 10.0 Å². The van der Waals surface area contributed by atoms with Crippen LogP contribution >= 0.6 is 11.3 Å². The van der Waals surface area contributed by atoms with Crippen LogP contribution in [0.1, 0.15) is 10.4 Å². The number of pyridine rings is 1. The lowest BCUT2D eigenvalue weighted by Crippen LogP contribution is -2.22. The molecule has 0 spiro atoms. The average Bonchev–Trinajstić information content (AvgIpc) is 3.11. The van der Waals surface area contributed by atoms with Crippen LogP contribution in [0.3, 0.4) is 0 Å². The van der Waals surface area contributed by atoms with E-state index in [2.05, 4.69) is 15.3 Å². The highest BCUT2D eigenvalue weighted by atomic mass is 32.2. The van der Waals surface area contributed by atoms with Crippen molar-refractivity contribution in [3.8, 4) is 11.3 Å². The van der Waals surface area contributed by atoms with Gasteiger partial charge in [0.25, 0.3) is 5.91 Å². The lowest BCUT2D eigenvalue weighted by atomic mass is 10.2. The number of rotatable bonds is 5. The molecule has 9 heteroatoms. The number of sulfonamides is 1. The molecule has 7 nitrogen and oxygen atoms in total. The first kappa shape index (κ1) is 18.2. The van der Waals surface area contributed by atoms with Crippen LogP contribution in [-0.4, -0.2) is 42.7 Å². The van der Waals surface area contributed by atoms with Crippen molar-refractivity contribution in [1.29, 1.82) is 0 Å². The highest BCUT2D eigenvalue weighted by molar-refractivity contribution is 7.89. The second kappa shape index (κ2) is 7.32. The minimum Gasteiger partial charge on any atom is -0.298 e. The van der Waals surface area contributed by atoms with Gasteiger partial charge in [0.15, 0.2) is 5.13 Å². The summed E-state index contributed by atoms with van der Waals surface area (Å²) in [6.07, 6.45) is 3.09. The minimum absolute atomic E-state index is 0.215. The highest BCUT2D eigenvalue weighted by Gasteiger charge is 2.17. The number of amides is 1. The van der Waals surface area contributed by atoms with Crippen LogP contribution in [0.15, 0.2) is 59.1 Å². The number of hydrogen-bond donors (Lipinski definition) is 1. The van der Waals surface area contributed by atoms with Gasteiger partial charge in [-0.05, 0) is 24.3 Å². The Morgan fingerprint density at radius 2 is 1.73 bits per heavy atom. The third kappa shape index (κ3) is 3.79. The molecule has 134 valence electrons. The summed E-state index contributed by atoms with van der Waals surface area (Å²) in [6, 6.07) is 9.71. The molecule has 0 saturated heterocycles. The summed E-state index contributed by atoms with van der Waals surface area (Å²) in [5, 5.41) is 5.00. The predicted octanol–water partition coefficient (Wildman–Crippen LogP) is 2.71. The molecule has 0 radical (unpaired) electrons. The Labute approximate surface area is 155 Å². The number of carbonyl (C=O) groups excluding carboxylic acids is 1. The Morgan fingerprint density at radius 1 is 1.08 bits per heavy atom. The smallest absolute Gasteiger partial charge is 0.257 e. The number of anilines is 1. The van der Waals surface area contributed by atoms with Crippen LogP contribution in [0, 0.1) is 0 Å². The van der Waals surface area contributed by atoms with Crippen LogP contribution in [0.5, 0.6) is 0 Å². The van der Waals surface area contributed by atoms with Crippen molar-refractivity contribution in [2.75, 3.05) is 19.4 Å². The van der Waals surface area contributed by atoms with Gasteiger partial charge in [0.05, 0.1) is 10.6 Å². The fraction of sp³-hybridized carbons (Fsp3) is 0.118. The van der Waals surface area contributed by atoms with Crippen LogP contribution in [-0.2, 0) is 10.0 Å². The van der Waals surface area contributed by atoms with Gasteiger partial charge in [0, 0.05) is 43.0 Å². The lowest BCUT2D eigenvalue weighted by Gasteiger charge is -2.11. The first-order valence-corrected chi connectivity index (χ1v) is 9.90. The van der Waals surface area contributed by atoms with Gasteiger partial charge in [-0.15, -0.1) is 11.3 Å². The Bertz CT molecular complexity index is 1010. The summed E-state index contributed by atoms with van der Waals surface area (Å²) in [6.45, 7) is 0. The second-order valence-corrected chi connectivity index (χ2v) is 8.55. The Morgan fingerprint density at radius 3 is 2.35 bits per heavy atom. The van der Waals surface area contributed by atoms with Crippen LogP contribution < -0.4 is 5.32 Å². The van der Waals surface area contributed by atoms with Crippen molar-refractivity contribution in [3.05, 3.63) is 59.7 Å². The molecule has 1 aromatic carbocycles. The van der Waals surface area contributed by atoms with Crippen molar-refractivity contribution in [2.24, 2.45) is 0 Å². The van der Waals surface area contributed by atoms with E-state index in [4.69, 9.17) is 0 Å². The summed E-state index contributed by atoms with van der Waals surface area (Å²) >= 11 is 1.30. The average molecular weight is 388 g/mol. The van der Waals surface area contributed by atoms with Crippen LogP contribution in [0.4, 0.5) is 5.13 Å². The van der Waals surface area contributed by atoms with E-state index in [1.165, 1.54) is 25.4 Å². The standard InChI is InChI=1S/C17H16N4O3S2/c1-21(2)26(23,24)14-5-3-12(4-6-14)15-11-25-17(19-15)20-16(22)13-7-9-18-10-8-13/h3-11H,1-2H3,(H,19,20,22). The molecule has 0 fully saturated rings. The number of thiazole rings is 1. The zero-order valence-corrected chi connectivity index (χ0v) is 15.7. The predicted molar refractivity (Wildman–Crippen MR) is 101 cm³/mol. The van der Waals surface area contributed by atoms with Crippen molar-refractivity contribution >= 4 is 32.4 Å². The van der Waals surface area contributed by atoms with E-state index in [9.17, 15) is 13.2 Å². The topological polar surface area (TPSA) is 92.3 Å². The highest BCUT2D eigenvalue weighted by Crippen LogP contribution is 2.26. The van der Waals surface area contributed by atoms with Gasteiger partial charge < -0.3 is 0 Å². The van der Waals surface area contributed by atoms with E-state index in [1.807, 2.05) is 0 Å². The maximum absolute atomic E-state index is 12.1. The third-order valence-corrected chi connectivity index (χ3v) is 6.18. The maximum Gasteiger partial charge on any atom is 0.257 e. The molecule has 1 amide bonds. The fourth-order valence-electron chi connectivity index (χ4n) is 2.14. The molecule has 2 heterocycles. The van der Waals surface area contributed by atoms with Gasteiger partial charge in [-0.1, -0.05) is 12.1 Å². The number of aromatic nitrogens is 2. The molecule has 3 aromatic rings. The molecule has 1 N–H and O–H groups in total. The molecular formula is C17H16N4O3S2. The van der Waals surface area contributed by atoms with Crippen molar-refractivity contribution in [1.82, 2.24) is 14.3 Å². The maximum atomic E-state index is 12.1. The molecular weight excluding hydrogens is 372 g/mol. The normalized spacial score (nSPS) is 11.5. The monoisotopic (exact) mass is 388 g/mol. The second-order valence-electron chi connectivity index (χ2n) is 5.54. The number of carbonyl (C=O) groups is 1. The van der Waals surface area contributed by atoms with Gasteiger partial charge in [-0.3, -0.25) is 15.1 Å². The number of nitrogens with one attached hydrogen (secondary N) is 1. The molecule has 0 bridgehead atoms. The van der Waals surface area contributed by atoms with Gasteiger partial charge in [-0.2, -0.15) is 0 Å². The van der Waals surface area contributed by atoms with E-state index < -0.39 is 10.0 Å². The molecule has 0 unspecified atom stereocenters. The molecule has 26 heavy (non-hydrogen) atoms. The third-order valence-electron chi connectivity index (χ3n) is 3.60. The van der Waals surface area contributed by atoms with Crippen molar-refractivity contribution < 1.29 is 13.2 Å². The van der Waals surface area contributed by atoms with Crippen molar-refractivity contribution in [2.45, 2.75) is 4.90 Å². The molecule has 0 aliphatic carbocycles. The number of hydrogen-bond acceptors (Lipinski definition) is 6. The zero-order chi connectivity index (χ0) is 18.7. The Balaban J connectivity index is 1.77. The largest absolute Gasteiger partial charge is 0.298 e. The first-order chi connectivity index (χ1) is 12.4. The van der Waals surface area contributed by atoms with Gasteiger partial charge >= 0.3 is 0 Å². The summed E-state index contributed by atoms with van der Waals surface area (Å²) in [4.78, 5) is 20.6. The fourth-order valence-corrected chi connectivity index (χ4v) is 3.76. The van der Waals surface area contributed by atoms with E-state index in [0.29, 0.717) is 16.4 Å². The quantitative estimate of drug-likeness (QED) is 0.725. The summed E-state index contributed by atoms with van der Waals surface area (Å²) in [7, 11) is -0.489. The molecule has 3 rings (SSSR count). The van der Waals surface area contributed by atoms with E-state index >= 15 is 0 Å². The van der Waals surface area contributed by atoms with Gasteiger partial charge in [0.1, 0.15) is 0 Å². The van der Waals surface area contributed by atoms with Gasteiger partial charge in [-0.25, -0.2) is 17.7 Å². The van der Waals surface area contributed by atoms with Crippen molar-refractivity contribution in [3.63, 3.8) is 0 Å². The Hall–Kier alpha value is -2.62. The molecule has 0 saturated carbocycles. The van der Waals surface area contributed by atoms with E-state index in [0.717, 1.165) is 9.87 Å². The molecule has 0 aliphatic rings. The first-order valence-electron chi connectivity index (χ1n) is 7.58. The van der Waals surface area contributed by atoms with Crippen LogP contribution in [0.25, 0.3) is 11.3 Å². The van der Waals surface area contributed by atoms with Crippen LogP contribution in [0.2, 0.25) is 0 Å². The zero-order valence-electron chi connectivity index (χ0n) is 14.1. The van der Waals surface area contributed by atoms with E-state index in [1.54, 1.807) is 54.2 Å². The van der Waals surface area contributed by atoms with E-state index in [-0.39, 0.29) is 10.8 Å². The summed E-state index contributed by atoms with van der Waals surface area (Å²) < 4.78 is 25.4. The minimum atomic E-state index is -3.46. The molecule has 2 aromatic heterocycles. The molecule has 0 aliphatic heterocycles. The molecule has 0 atom stereocenters. The Kier molecular flexibility index (Phi) is 5.12. The summed E-state index contributed by atoms with van der Waals surface area (Å²) in [5.74, 6) is -0.263. The SMILES string of the molecule is CN(C)S(=O)(=O)c1ccc(-c2csc(NC(=O)c3ccncc3)n2)cc1.